The molecule has 1 aromatic carbocycles. The maximum atomic E-state index is 12.0. The molecule has 2 atom stereocenters. The second-order valence-electron chi connectivity index (χ2n) is 5.45. The fraction of sp³-hybridized carbons (Fsp3) is 0.438. The summed E-state index contributed by atoms with van der Waals surface area (Å²) in [6, 6.07) is 9.95. The van der Waals surface area contributed by atoms with Gasteiger partial charge in [-0.05, 0) is 36.9 Å². The number of benzene rings is 1. The summed E-state index contributed by atoms with van der Waals surface area (Å²) < 4.78 is 1.16. The van der Waals surface area contributed by atoms with Crippen LogP contribution in [0.2, 0.25) is 0 Å². The van der Waals surface area contributed by atoms with Crippen molar-refractivity contribution in [3.8, 4) is 0 Å². The molecule has 120 valence electrons. The van der Waals surface area contributed by atoms with Crippen molar-refractivity contribution in [3.63, 3.8) is 0 Å². The Labute approximate surface area is 140 Å². The maximum Gasteiger partial charge on any atom is 0.237 e. The van der Waals surface area contributed by atoms with Gasteiger partial charge in [0, 0.05) is 16.1 Å². The highest BCUT2D eigenvalue weighted by molar-refractivity contribution is 7.19. The zero-order chi connectivity index (χ0) is 14.7. The Morgan fingerprint density at radius 1 is 1.41 bits per heavy atom. The lowest BCUT2D eigenvalue weighted by Gasteiger charge is -2.23. The number of halogens is 1. The van der Waals surface area contributed by atoms with Crippen molar-refractivity contribution in [1.29, 1.82) is 0 Å². The zero-order valence-corrected chi connectivity index (χ0v) is 13.9. The van der Waals surface area contributed by atoms with Gasteiger partial charge in [0.1, 0.15) is 6.10 Å². The van der Waals surface area contributed by atoms with E-state index in [0.29, 0.717) is 0 Å². The third kappa shape index (κ3) is 3.98. The number of hydrogen-bond donors (Lipinski definition) is 3. The van der Waals surface area contributed by atoms with Gasteiger partial charge >= 0.3 is 0 Å². The van der Waals surface area contributed by atoms with Gasteiger partial charge in [-0.2, -0.15) is 0 Å². The second-order valence-corrected chi connectivity index (χ2v) is 6.57. The number of aliphatic hydroxyl groups is 1. The van der Waals surface area contributed by atoms with Gasteiger partial charge in [0.05, 0.1) is 6.04 Å². The van der Waals surface area contributed by atoms with E-state index in [2.05, 4.69) is 10.6 Å². The third-order valence-corrected chi connectivity index (χ3v) is 5.09. The first-order valence-corrected chi connectivity index (χ1v) is 8.23. The number of piperidine rings is 1. The SMILES string of the molecule is Cl.O=C(NCC(O)c1cc2ccccc2s1)[C@H]1CCCCN1. The van der Waals surface area contributed by atoms with Crippen LogP contribution in [-0.2, 0) is 4.79 Å². The minimum Gasteiger partial charge on any atom is -0.386 e. The van der Waals surface area contributed by atoms with Crippen molar-refractivity contribution in [1.82, 2.24) is 10.6 Å². The molecule has 22 heavy (non-hydrogen) atoms. The second kappa shape index (κ2) is 7.92. The fourth-order valence-electron chi connectivity index (χ4n) is 2.66. The fourth-order valence-corrected chi connectivity index (χ4v) is 3.71. The molecule has 0 radical (unpaired) electrons. The Hall–Kier alpha value is -1.14. The summed E-state index contributed by atoms with van der Waals surface area (Å²) in [5, 5.41) is 17.4. The van der Waals surface area contributed by atoms with Gasteiger partial charge in [0.15, 0.2) is 0 Å². The molecule has 0 aliphatic carbocycles. The molecular formula is C16H21ClN2O2S. The van der Waals surface area contributed by atoms with Gasteiger partial charge in [0.25, 0.3) is 0 Å². The van der Waals surface area contributed by atoms with Crippen LogP contribution in [0, 0.1) is 0 Å². The van der Waals surface area contributed by atoms with Crippen LogP contribution in [0.4, 0.5) is 0 Å². The van der Waals surface area contributed by atoms with Gasteiger partial charge in [-0.3, -0.25) is 4.79 Å². The summed E-state index contributed by atoms with van der Waals surface area (Å²) in [4.78, 5) is 12.9. The Kier molecular flexibility index (Phi) is 6.20. The monoisotopic (exact) mass is 340 g/mol. The minimum atomic E-state index is -0.644. The van der Waals surface area contributed by atoms with E-state index in [1.807, 2.05) is 30.3 Å². The average molecular weight is 341 g/mol. The van der Waals surface area contributed by atoms with Crippen molar-refractivity contribution in [2.45, 2.75) is 31.4 Å². The molecule has 1 aliphatic rings. The Balaban J connectivity index is 0.00000176. The lowest BCUT2D eigenvalue weighted by atomic mass is 10.0. The molecular weight excluding hydrogens is 320 g/mol. The number of amides is 1. The summed E-state index contributed by atoms with van der Waals surface area (Å²) in [5.41, 5.74) is 0. The highest BCUT2D eigenvalue weighted by Crippen LogP contribution is 2.29. The molecule has 2 heterocycles. The summed E-state index contributed by atoms with van der Waals surface area (Å²) in [5.74, 6) is -0.00476. The van der Waals surface area contributed by atoms with Crippen LogP contribution in [0.1, 0.15) is 30.2 Å². The standard InChI is InChI=1S/C16H20N2O2S.ClH/c19-13(10-18-16(20)12-6-3-4-8-17-12)15-9-11-5-1-2-7-14(11)21-15;/h1-2,5,7,9,12-13,17,19H,3-4,6,8,10H2,(H,18,20);1H/t12-,13?;/m1./s1. The van der Waals surface area contributed by atoms with Crippen molar-refractivity contribution in [2.75, 3.05) is 13.1 Å². The zero-order valence-electron chi connectivity index (χ0n) is 12.2. The highest BCUT2D eigenvalue weighted by Gasteiger charge is 2.21. The van der Waals surface area contributed by atoms with Crippen LogP contribution in [0.3, 0.4) is 0 Å². The topological polar surface area (TPSA) is 61.4 Å². The van der Waals surface area contributed by atoms with E-state index < -0.39 is 6.10 Å². The first-order chi connectivity index (χ1) is 10.2. The Morgan fingerprint density at radius 2 is 2.23 bits per heavy atom. The molecule has 1 fully saturated rings. The molecule has 1 aromatic heterocycles. The number of carbonyl (C=O) groups excluding carboxylic acids is 1. The van der Waals surface area contributed by atoms with Crippen LogP contribution in [0.25, 0.3) is 10.1 Å². The van der Waals surface area contributed by atoms with Gasteiger partial charge in [-0.25, -0.2) is 0 Å². The van der Waals surface area contributed by atoms with Crippen LogP contribution in [0.5, 0.6) is 0 Å². The van der Waals surface area contributed by atoms with E-state index in [1.165, 1.54) is 0 Å². The number of hydrogen-bond acceptors (Lipinski definition) is 4. The number of nitrogens with one attached hydrogen (secondary N) is 2. The molecule has 1 amide bonds. The van der Waals surface area contributed by atoms with E-state index in [0.717, 1.165) is 40.8 Å². The number of fused-ring (bicyclic) bond motifs is 1. The smallest absolute Gasteiger partial charge is 0.237 e. The lowest BCUT2D eigenvalue weighted by Crippen LogP contribution is -2.47. The van der Waals surface area contributed by atoms with Gasteiger partial charge in [-0.1, -0.05) is 24.6 Å². The molecule has 3 rings (SSSR count). The highest BCUT2D eigenvalue weighted by atomic mass is 35.5. The maximum absolute atomic E-state index is 12.0. The van der Waals surface area contributed by atoms with Crippen molar-refractivity contribution >= 4 is 39.7 Å². The first kappa shape index (κ1) is 17.2. The van der Waals surface area contributed by atoms with Crippen molar-refractivity contribution < 1.29 is 9.90 Å². The molecule has 0 bridgehead atoms. The molecule has 0 spiro atoms. The average Bonchev–Trinajstić information content (AvgIpc) is 2.97. The summed E-state index contributed by atoms with van der Waals surface area (Å²) in [7, 11) is 0. The van der Waals surface area contributed by atoms with E-state index in [9.17, 15) is 9.90 Å². The molecule has 0 saturated carbocycles. The molecule has 6 heteroatoms. The molecule has 4 nitrogen and oxygen atoms in total. The predicted molar refractivity (Wildman–Crippen MR) is 92.7 cm³/mol. The quantitative estimate of drug-likeness (QED) is 0.801. The number of carbonyl (C=O) groups is 1. The van der Waals surface area contributed by atoms with E-state index in [-0.39, 0.29) is 30.9 Å². The van der Waals surface area contributed by atoms with Crippen molar-refractivity contribution in [3.05, 3.63) is 35.2 Å². The number of aliphatic hydroxyl groups excluding tert-OH is 1. The van der Waals surface area contributed by atoms with E-state index in [1.54, 1.807) is 11.3 Å². The molecule has 1 aliphatic heterocycles. The third-order valence-electron chi connectivity index (χ3n) is 3.87. The van der Waals surface area contributed by atoms with Crippen LogP contribution < -0.4 is 10.6 Å². The van der Waals surface area contributed by atoms with Crippen molar-refractivity contribution in [2.24, 2.45) is 0 Å². The van der Waals surface area contributed by atoms with E-state index in [4.69, 9.17) is 0 Å². The summed E-state index contributed by atoms with van der Waals surface area (Å²) in [6.07, 6.45) is 2.46. The lowest BCUT2D eigenvalue weighted by molar-refractivity contribution is -0.124. The molecule has 1 saturated heterocycles. The van der Waals surface area contributed by atoms with Gasteiger partial charge in [0.2, 0.25) is 5.91 Å². The largest absolute Gasteiger partial charge is 0.386 e. The normalized spacial score (nSPS) is 19.4. The summed E-state index contributed by atoms with van der Waals surface area (Å²) >= 11 is 1.58. The predicted octanol–water partition coefficient (Wildman–Crippen LogP) is 2.61. The number of rotatable bonds is 4. The first-order valence-electron chi connectivity index (χ1n) is 7.41. The van der Waals surface area contributed by atoms with E-state index >= 15 is 0 Å². The minimum absolute atomic E-state index is 0. The molecule has 1 unspecified atom stereocenters. The number of thiophene rings is 1. The molecule has 3 N–H and O–H groups in total. The Bertz CT molecular complexity index is 592. The van der Waals surface area contributed by atoms with Crippen LogP contribution >= 0.6 is 23.7 Å². The van der Waals surface area contributed by atoms with Crippen LogP contribution in [0.15, 0.2) is 30.3 Å². The van der Waals surface area contributed by atoms with Gasteiger partial charge in [-0.15, -0.1) is 23.7 Å². The molecule has 2 aromatic rings. The van der Waals surface area contributed by atoms with Crippen LogP contribution in [-0.4, -0.2) is 30.1 Å². The van der Waals surface area contributed by atoms with Gasteiger partial charge < -0.3 is 15.7 Å². The Morgan fingerprint density at radius 3 is 2.95 bits per heavy atom. The summed E-state index contributed by atoms with van der Waals surface area (Å²) in [6.45, 7) is 1.17.